The van der Waals surface area contributed by atoms with Gasteiger partial charge in [-0.25, -0.2) is 9.78 Å². The Morgan fingerprint density at radius 3 is 3.18 bits per heavy atom. The van der Waals surface area contributed by atoms with Crippen LogP contribution >= 0.6 is 11.3 Å². The van der Waals surface area contributed by atoms with Gasteiger partial charge in [-0.2, -0.15) is 0 Å². The smallest absolute Gasteiger partial charge is 0.326 e. The summed E-state index contributed by atoms with van der Waals surface area (Å²) in [6.07, 6.45) is 3.62. The van der Waals surface area contributed by atoms with Gasteiger partial charge in [0.1, 0.15) is 11.9 Å². The van der Waals surface area contributed by atoms with Crippen LogP contribution in [0.4, 0.5) is 5.82 Å². The number of hydrogen-bond acceptors (Lipinski definition) is 4. The summed E-state index contributed by atoms with van der Waals surface area (Å²) in [5.41, 5.74) is 0. The second kappa shape index (κ2) is 4.97. The van der Waals surface area contributed by atoms with Crippen LogP contribution in [0.15, 0.2) is 36.4 Å². The average Bonchev–Trinajstić information content (AvgIpc) is 2.77. The fourth-order valence-corrected chi connectivity index (χ4v) is 2.34. The predicted molar refractivity (Wildman–Crippen MR) is 69.5 cm³/mol. The summed E-state index contributed by atoms with van der Waals surface area (Å²) < 4.78 is 1.09. The first-order chi connectivity index (χ1) is 8.22. The molecule has 0 aromatic carbocycles. The molecule has 0 fully saturated rings. The second-order valence-electron chi connectivity index (χ2n) is 3.55. The first-order valence-corrected chi connectivity index (χ1v) is 6.03. The SMILES string of the molecule is C=CCC(Nc1nccc2sccc12)C(=O)O. The van der Waals surface area contributed by atoms with Gasteiger partial charge < -0.3 is 10.4 Å². The Bertz CT molecular complexity index is 550. The highest BCUT2D eigenvalue weighted by molar-refractivity contribution is 7.17. The Morgan fingerprint density at radius 1 is 1.65 bits per heavy atom. The van der Waals surface area contributed by atoms with Crippen molar-refractivity contribution in [3.05, 3.63) is 36.4 Å². The van der Waals surface area contributed by atoms with Crippen LogP contribution in [0.3, 0.4) is 0 Å². The van der Waals surface area contributed by atoms with E-state index in [0.29, 0.717) is 12.2 Å². The normalized spacial score (nSPS) is 12.2. The summed E-state index contributed by atoms with van der Waals surface area (Å²) in [7, 11) is 0. The molecule has 4 nitrogen and oxygen atoms in total. The van der Waals surface area contributed by atoms with Crippen molar-refractivity contribution in [1.82, 2.24) is 4.98 Å². The van der Waals surface area contributed by atoms with E-state index in [1.54, 1.807) is 23.6 Å². The van der Waals surface area contributed by atoms with Crippen molar-refractivity contribution < 1.29 is 9.90 Å². The number of carboxylic acids is 1. The maximum atomic E-state index is 11.0. The van der Waals surface area contributed by atoms with Crippen molar-refractivity contribution in [2.45, 2.75) is 12.5 Å². The van der Waals surface area contributed by atoms with Crippen LogP contribution < -0.4 is 5.32 Å². The molecule has 0 radical (unpaired) electrons. The van der Waals surface area contributed by atoms with E-state index >= 15 is 0 Å². The minimum Gasteiger partial charge on any atom is -0.480 e. The van der Waals surface area contributed by atoms with Gasteiger partial charge in [0, 0.05) is 16.3 Å². The number of nitrogens with one attached hydrogen (secondary N) is 1. The average molecular weight is 248 g/mol. The fourth-order valence-electron chi connectivity index (χ4n) is 1.56. The molecule has 1 unspecified atom stereocenters. The number of rotatable bonds is 5. The van der Waals surface area contributed by atoms with Crippen molar-refractivity contribution in [1.29, 1.82) is 0 Å². The molecule has 5 heteroatoms. The Hall–Kier alpha value is -1.88. The fraction of sp³-hybridized carbons (Fsp3) is 0.167. The minimum absolute atomic E-state index is 0.359. The van der Waals surface area contributed by atoms with E-state index in [9.17, 15) is 4.79 Å². The number of fused-ring (bicyclic) bond motifs is 1. The van der Waals surface area contributed by atoms with Crippen LogP contribution in [0.2, 0.25) is 0 Å². The van der Waals surface area contributed by atoms with Crippen LogP contribution in [-0.4, -0.2) is 22.1 Å². The highest BCUT2D eigenvalue weighted by Crippen LogP contribution is 2.26. The molecule has 0 aliphatic heterocycles. The largest absolute Gasteiger partial charge is 0.480 e. The number of anilines is 1. The topological polar surface area (TPSA) is 62.2 Å². The van der Waals surface area contributed by atoms with Crippen molar-refractivity contribution in [3.8, 4) is 0 Å². The Kier molecular flexibility index (Phi) is 3.39. The van der Waals surface area contributed by atoms with E-state index in [2.05, 4.69) is 16.9 Å². The minimum atomic E-state index is -0.904. The lowest BCUT2D eigenvalue weighted by Gasteiger charge is -2.13. The second-order valence-corrected chi connectivity index (χ2v) is 4.50. The molecule has 0 saturated carbocycles. The Labute approximate surface area is 103 Å². The zero-order valence-corrected chi connectivity index (χ0v) is 9.91. The molecular weight excluding hydrogens is 236 g/mol. The Balaban J connectivity index is 2.30. The molecule has 2 N–H and O–H groups in total. The molecule has 0 aliphatic rings. The van der Waals surface area contributed by atoms with Gasteiger partial charge in [0.15, 0.2) is 0 Å². The molecule has 0 aliphatic carbocycles. The lowest BCUT2D eigenvalue weighted by atomic mass is 10.2. The molecule has 0 saturated heterocycles. The molecule has 2 aromatic heterocycles. The third-order valence-electron chi connectivity index (χ3n) is 2.39. The van der Waals surface area contributed by atoms with E-state index in [-0.39, 0.29) is 0 Å². The van der Waals surface area contributed by atoms with E-state index in [0.717, 1.165) is 10.1 Å². The molecule has 88 valence electrons. The molecular formula is C12H12N2O2S. The van der Waals surface area contributed by atoms with E-state index in [1.807, 2.05) is 17.5 Å². The number of hydrogen-bond donors (Lipinski definition) is 2. The summed E-state index contributed by atoms with van der Waals surface area (Å²) in [6.45, 7) is 3.56. The number of pyridine rings is 1. The van der Waals surface area contributed by atoms with Gasteiger partial charge in [-0.1, -0.05) is 6.08 Å². The third kappa shape index (κ3) is 2.45. The highest BCUT2D eigenvalue weighted by atomic mass is 32.1. The molecule has 17 heavy (non-hydrogen) atoms. The molecule has 0 amide bonds. The first-order valence-electron chi connectivity index (χ1n) is 5.15. The number of carboxylic acid groups (broad SMARTS) is 1. The van der Waals surface area contributed by atoms with Crippen LogP contribution in [-0.2, 0) is 4.79 Å². The van der Waals surface area contributed by atoms with Gasteiger partial charge in [-0.15, -0.1) is 17.9 Å². The standard InChI is InChI=1S/C12H12N2O2S/c1-2-3-9(12(15)16)14-11-8-5-7-17-10(8)4-6-13-11/h2,4-7,9H,1,3H2,(H,13,14)(H,15,16). The van der Waals surface area contributed by atoms with Gasteiger partial charge in [0.05, 0.1) is 0 Å². The Morgan fingerprint density at radius 2 is 2.47 bits per heavy atom. The summed E-state index contributed by atoms with van der Waals surface area (Å²) in [4.78, 5) is 15.2. The van der Waals surface area contributed by atoms with Gasteiger partial charge >= 0.3 is 5.97 Å². The maximum Gasteiger partial charge on any atom is 0.326 e. The van der Waals surface area contributed by atoms with E-state index in [1.165, 1.54) is 0 Å². The molecule has 1 atom stereocenters. The highest BCUT2D eigenvalue weighted by Gasteiger charge is 2.17. The first kappa shape index (κ1) is 11.6. The molecule has 2 aromatic rings. The van der Waals surface area contributed by atoms with Crippen molar-refractivity contribution in [3.63, 3.8) is 0 Å². The number of aromatic nitrogens is 1. The number of nitrogens with zero attached hydrogens (tertiary/aromatic N) is 1. The summed E-state index contributed by atoms with van der Waals surface area (Å²) in [6, 6.07) is 3.15. The third-order valence-corrected chi connectivity index (χ3v) is 3.27. The van der Waals surface area contributed by atoms with Gasteiger partial charge in [-0.05, 0) is 23.9 Å². The molecule has 0 bridgehead atoms. The van der Waals surface area contributed by atoms with Crippen LogP contribution in [0.5, 0.6) is 0 Å². The monoisotopic (exact) mass is 248 g/mol. The zero-order valence-electron chi connectivity index (χ0n) is 9.09. The van der Waals surface area contributed by atoms with Crippen LogP contribution in [0.25, 0.3) is 10.1 Å². The molecule has 2 rings (SSSR count). The summed E-state index contributed by atoms with van der Waals surface area (Å²) in [5.74, 6) is -0.295. The van der Waals surface area contributed by atoms with Gasteiger partial charge in [0.25, 0.3) is 0 Å². The number of aliphatic carboxylic acids is 1. The van der Waals surface area contributed by atoms with Gasteiger partial charge in [0.2, 0.25) is 0 Å². The summed E-state index contributed by atoms with van der Waals surface area (Å²) in [5, 5.41) is 14.9. The van der Waals surface area contributed by atoms with Crippen molar-refractivity contribution in [2.75, 3.05) is 5.32 Å². The van der Waals surface area contributed by atoms with Crippen molar-refractivity contribution >= 4 is 33.2 Å². The molecule has 2 heterocycles. The van der Waals surface area contributed by atoms with E-state index < -0.39 is 12.0 Å². The molecule has 0 spiro atoms. The number of carbonyl (C=O) groups is 1. The van der Waals surface area contributed by atoms with Gasteiger partial charge in [-0.3, -0.25) is 0 Å². The quantitative estimate of drug-likeness (QED) is 0.799. The van der Waals surface area contributed by atoms with Crippen LogP contribution in [0, 0.1) is 0 Å². The maximum absolute atomic E-state index is 11.0. The number of thiophene rings is 1. The van der Waals surface area contributed by atoms with E-state index in [4.69, 9.17) is 5.11 Å². The summed E-state index contributed by atoms with van der Waals surface area (Å²) >= 11 is 1.60. The lowest BCUT2D eigenvalue weighted by Crippen LogP contribution is -2.28. The zero-order chi connectivity index (χ0) is 12.3. The van der Waals surface area contributed by atoms with Crippen molar-refractivity contribution in [2.24, 2.45) is 0 Å². The lowest BCUT2D eigenvalue weighted by molar-refractivity contribution is -0.137. The van der Waals surface area contributed by atoms with Crippen LogP contribution in [0.1, 0.15) is 6.42 Å². The predicted octanol–water partition coefficient (Wildman–Crippen LogP) is 2.74.